The molecule has 3 nitrogen and oxygen atoms in total. The maximum atomic E-state index is 11.2. The number of aryl methyl sites for hydroxylation is 1. The number of fused-ring (bicyclic) bond motifs is 2. The molecular weight excluding hydrogens is 235 g/mol. The molecule has 1 heterocycles. The zero-order valence-corrected chi connectivity index (χ0v) is 10.9. The van der Waals surface area contributed by atoms with Crippen LogP contribution in [0.15, 0.2) is 36.4 Å². The van der Waals surface area contributed by atoms with Crippen LogP contribution in [-0.2, 0) is 6.42 Å². The zero-order chi connectivity index (χ0) is 12.7. The largest absolute Gasteiger partial charge is 1.00 e. The van der Waals surface area contributed by atoms with E-state index in [-0.39, 0.29) is 24.4 Å². The van der Waals surface area contributed by atoms with Gasteiger partial charge < -0.3 is 14.6 Å². The monoisotopic (exact) mass is 246 g/mol. The van der Waals surface area contributed by atoms with Crippen molar-refractivity contribution in [2.24, 2.45) is 0 Å². The fraction of sp³-hybridized carbons (Fsp3) is 0.133. The summed E-state index contributed by atoms with van der Waals surface area (Å²) in [4.78, 5) is 11.2. The van der Waals surface area contributed by atoms with Crippen LogP contribution in [-0.4, -0.2) is 5.97 Å². The number of carbonyl (C=O) groups excluding carboxylic acids is 1. The summed E-state index contributed by atoms with van der Waals surface area (Å²) in [6, 6.07) is 11.2. The van der Waals surface area contributed by atoms with E-state index in [1.165, 1.54) is 0 Å². The molecule has 0 atom stereocenters. The van der Waals surface area contributed by atoms with Crippen molar-refractivity contribution in [3.63, 3.8) is 0 Å². The maximum absolute atomic E-state index is 11.2. The summed E-state index contributed by atoms with van der Waals surface area (Å²) in [6.45, 7) is 1.77. The van der Waals surface area contributed by atoms with Gasteiger partial charge >= 0.3 is 18.9 Å². The summed E-state index contributed by atoms with van der Waals surface area (Å²) in [5.41, 5.74) is 2.66. The van der Waals surface area contributed by atoms with Gasteiger partial charge in [-0.15, -0.1) is 0 Å². The first kappa shape index (κ1) is 13.7. The van der Waals surface area contributed by atoms with Gasteiger partial charge in [0.25, 0.3) is 0 Å². The summed E-state index contributed by atoms with van der Waals surface area (Å²) in [5.74, 6) is 0.254. The standard InChI is InChI=1S/C15H12O3.Li/c1-9-6-7-13-11(14(9)15(16)17)8-10-4-2-3-5-12(10)18-13;/h2-7H,8H2,1H3,(H,16,17);/q;+1/p-1. The van der Waals surface area contributed by atoms with E-state index in [9.17, 15) is 9.90 Å². The van der Waals surface area contributed by atoms with Gasteiger partial charge in [-0.05, 0) is 30.2 Å². The smallest absolute Gasteiger partial charge is 0.545 e. The van der Waals surface area contributed by atoms with E-state index in [0.717, 1.165) is 11.3 Å². The predicted molar refractivity (Wildman–Crippen MR) is 64.8 cm³/mol. The number of benzene rings is 2. The molecule has 0 bridgehead atoms. The van der Waals surface area contributed by atoms with Crippen molar-refractivity contribution in [2.45, 2.75) is 13.3 Å². The Labute approximate surface area is 123 Å². The Bertz CT molecular complexity index is 650. The molecule has 0 saturated heterocycles. The summed E-state index contributed by atoms with van der Waals surface area (Å²) < 4.78 is 5.73. The number of rotatable bonds is 1. The molecule has 1 aliphatic rings. The number of carbonyl (C=O) groups is 1. The molecule has 0 aliphatic carbocycles. The van der Waals surface area contributed by atoms with Gasteiger partial charge in [-0.2, -0.15) is 0 Å². The Morgan fingerprint density at radius 2 is 1.89 bits per heavy atom. The van der Waals surface area contributed by atoms with Crippen LogP contribution in [0.25, 0.3) is 0 Å². The van der Waals surface area contributed by atoms with Crippen molar-refractivity contribution in [1.82, 2.24) is 0 Å². The normalized spacial score (nSPS) is 11.6. The third-order valence-electron chi connectivity index (χ3n) is 3.24. The number of hydrogen-bond acceptors (Lipinski definition) is 3. The van der Waals surface area contributed by atoms with Gasteiger partial charge in [0.1, 0.15) is 11.5 Å². The van der Waals surface area contributed by atoms with Crippen molar-refractivity contribution >= 4 is 5.97 Å². The molecule has 4 heteroatoms. The van der Waals surface area contributed by atoms with Crippen LogP contribution in [0, 0.1) is 6.92 Å². The molecule has 2 aromatic rings. The number of aromatic carboxylic acids is 1. The molecule has 0 aromatic heterocycles. The van der Waals surface area contributed by atoms with E-state index >= 15 is 0 Å². The second-order valence-corrected chi connectivity index (χ2v) is 4.41. The van der Waals surface area contributed by atoms with E-state index in [2.05, 4.69) is 0 Å². The third kappa shape index (κ3) is 2.27. The van der Waals surface area contributed by atoms with Crippen LogP contribution in [0.2, 0.25) is 0 Å². The molecule has 0 unspecified atom stereocenters. The number of carboxylic acid groups (broad SMARTS) is 1. The molecule has 3 rings (SSSR count). The number of hydrogen-bond donors (Lipinski definition) is 0. The topological polar surface area (TPSA) is 49.4 Å². The Morgan fingerprint density at radius 1 is 1.16 bits per heavy atom. The summed E-state index contributed by atoms with van der Waals surface area (Å²) in [7, 11) is 0. The van der Waals surface area contributed by atoms with Gasteiger partial charge in [-0.3, -0.25) is 0 Å². The molecule has 90 valence electrons. The number of para-hydroxylation sites is 1. The zero-order valence-electron chi connectivity index (χ0n) is 10.9. The minimum absolute atomic E-state index is 0. The van der Waals surface area contributed by atoms with E-state index < -0.39 is 5.97 Å². The van der Waals surface area contributed by atoms with Crippen LogP contribution in [0.1, 0.15) is 27.0 Å². The molecule has 0 fully saturated rings. The Hall–Kier alpha value is -1.69. The number of carboxylic acids is 1. The molecule has 0 spiro atoms. The molecule has 0 N–H and O–H groups in total. The quantitative estimate of drug-likeness (QED) is 0.521. The fourth-order valence-electron chi connectivity index (χ4n) is 2.36. The first-order chi connectivity index (χ1) is 8.66. The number of ether oxygens (including phenoxy) is 1. The Morgan fingerprint density at radius 3 is 2.63 bits per heavy atom. The SMILES string of the molecule is Cc1ccc2c(c1C(=O)[O-])Cc1ccccc1O2.[Li+]. The summed E-state index contributed by atoms with van der Waals surface area (Å²) in [5, 5.41) is 11.2. The van der Waals surface area contributed by atoms with Gasteiger partial charge in [0.2, 0.25) is 0 Å². The van der Waals surface area contributed by atoms with E-state index in [4.69, 9.17) is 4.74 Å². The van der Waals surface area contributed by atoms with Gasteiger partial charge in [-0.25, -0.2) is 0 Å². The van der Waals surface area contributed by atoms with Crippen molar-refractivity contribution in [1.29, 1.82) is 0 Å². The Balaban J connectivity index is 0.00000133. The van der Waals surface area contributed by atoms with Crippen molar-refractivity contribution < 1.29 is 33.5 Å². The molecule has 2 aromatic carbocycles. The van der Waals surface area contributed by atoms with Crippen LogP contribution in [0.4, 0.5) is 0 Å². The maximum Gasteiger partial charge on any atom is 1.00 e. The fourth-order valence-corrected chi connectivity index (χ4v) is 2.36. The van der Waals surface area contributed by atoms with E-state index in [0.29, 0.717) is 23.3 Å². The minimum atomic E-state index is -1.15. The van der Waals surface area contributed by atoms with Crippen LogP contribution in [0.3, 0.4) is 0 Å². The van der Waals surface area contributed by atoms with Gasteiger partial charge in [0.15, 0.2) is 0 Å². The Kier molecular flexibility index (Phi) is 3.70. The molecule has 0 saturated carbocycles. The molecular formula is C15H11LiO3. The second kappa shape index (κ2) is 5.12. The van der Waals surface area contributed by atoms with Crippen LogP contribution >= 0.6 is 0 Å². The average Bonchev–Trinajstić information content (AvgIpc) is 2.36. The summed E-state index contributed by atoms with van der Waals surface area (Å²) >= 11 is 0. The first-order valence-electron chi connectivity index (χ1n) is 5.76. The second-order valence-electron chi connectivity index (χ2n) is 4.41. The van der Waals surface area contributed by atoms with Crippen molar-refractivity contribution in [3.8, 4) is 11.5 Å². The van der Waals surface area contributed by atoms with Crippen molar-refractivity contribution in [3.05, 3.63) is 58.7 Å². The van der Waals surface area contributed by atoms with Crippen LogP contribution in [0.5, 0.6) is 11.5 Å². The predicted octanol–water partition coefficient (Wildman–Crippen LogP) is -0.941. The van der Waals surface area contributed by atoms with Crippen LogP contribution < -0.4 is 28.7 Å². The van der Waals surface area contributed by atoms with Crippen molar-refractivity contribution in [2.75, 3.05) is 0 Å². The van der Waals surface area contributed by atoms with E-state index in [1.807, 2.05) is 30.3 Å². The third-order valence-corrected chi connectivity index (χ3v) is 3.24. The van der Waals surface area contributed by atoms with Gasteiger partial charge in [-0.1, -0.05) is 24.3 Å². The molecule has 1 aliphatic heterocycles. The van der Waals surface area contributed by atoms with E-state index in [1.54, 1.807) is 13.0 Å². The minimum Gasteiger partial charge on any atom is -0.545 e. The first-order valence-corrected chi connectivity index (χ1v) is 5.76. The molecule has 19 heavy (non-hydrogen) atoms. The summed E-state index contributed by atoms with van der Waals surface area (Å²) in [6.07, 6.45) is 0.566. The molecule has 0 amide bonds. The average molecular weight is 246 g/mol. The van der Waals surface area contributed by atoms with Gasteiger partial charge in [0.05, 0.1) is 5.97 Å². The van der Waals surface area contributed by atoms with Gasteiger partial charge in [0, 0.05) is 17.5 Å². The molecule has 0 radical (unpaired) electrons.